The molecular weight excluding hydrogens is 390 g/mol. The molecule has 4 heteroatoms. The fourth-order valence-electron chi connectivity index (χ4n) is 3.33. The van der Waals surface area contributed by atoms with Crippen LogP contribution < -0.4 is 4.74 Å². The van der Waals surface area contributed by atoms with Crippen LogP contribution in [0.3, 0.4) is 0 Å². The summed E-state index contributed by atoms with van der Waals surface area (Å²) in [6, 6.07) is 15.5. The first-order valence-electron chi connectivity index (χ1n) is 9.41. The van der Waals surface area contributed by atoms with Gasteiger partial charge in [-0.2, -0.15) is 0 Å². The first-order valence-corrected chi connectivity index (χ1v) is 10.2. The highest BCUT2D eigenvalue weighted by Crippen LogP contribution is 2.29. The summed E-state index contributed by atoms with van der Waals surface area (Å²) in [5.74, 6) is 2.41. The molecule has 0 aliphatic carbocycles. The minimum absolute atomic E-state index is 0.744. The number of aliphatic hydroxyl groups is 1. The van der Waals surface area contributed by atoms with E-state index in [1.54, 1.807) is 0 Å². The highest BCUT2D eigenvalue weighted by Gasteiger charge is 2.25. The fourth-order valence-corrected chi connectivity index (χ4v) is 3.59. The second-order valence-electron chi connectivity index (χ2n) is 7.63. The number of nitrogens with zero attached hydrogens (tertiary/aromatic N) is 1. The largest absolute Gasteiger partial charge is 0.457 e. The zero-order valence-electron chi connectivity index (χ0n) is 15.6. The lowest BCUT2D eigenvalue weighted by Crippen LogP contribution is -2.36. The van der Waals surface area contributed by atoms with Crippen molar-refractivity contribution in [3.63, 3.8) is 0 Å². The molecule has 1 atom stereocenters. The topological polar surface area (TPSA) is 32.7 Å². The molecular formula is C22H28BrNO2. The van der Waals surface area contributed by atoms with E-state index in [1.807, 2.05) is 55.5 Å². The Labute approximate surface area is 165 Å². The van der Waals surface area contributed by atoms with E-state index in [-0.39, 0.29) is 0 Å². The number of rotatable bonds is 6. The summed E-state index contributed by atoms with van der Waals surface area (Å²) in [5.41, 5.74) is 0.116. The average Bonchev–Trinajstić information content (AvgIpc) is 2.64. The molecule has 0 amide bonds. The summed E-state index contributed by atoms with van der Waals surface area (Å²) in [4.78, 5) is 2.47. The Kier molecular flexibility index (Phi) is 6.38. The van der Waals surface area contributed by atoms with Crippen molar-refractivity contribution < 1.29 is 9.84 Å². The normalized spacial score (nSPS) is 18.5. The number of ether oxygens (including phenoxy) is 1. The molecule has 0 saturated carbocycles. The number of hydrogen-bond acceptors (Lipinski definition) is 3. The Morgan fingerprint density at radius 2 is 1.58 bits per heavy atom. The van der Waals surface area contributed by atoms with Crippen LogP contribution in [0.4, 0.5) is 0 Å². The summed E-state index contributed by atoms with van der Waals surface area (Å²) in [6.07, 6.45) is 3.28. The quantitative estimate of drug-likeness (QED) is 0.666. The maximum Gasteiger partial charge on any atom is 0.127 e. The van der Waals surface area contributed by atoms with Crippen LogP contribution in [0.5, 0.6) is 11.5 Å². The minimum atomic E-state index is -0.820. The fraction of sp³-hybridized carbons (Fsp3) is 0.455. The molecule has 26 heavy (non-hydrogen) atoms. The monoisotopic (exact) mass is 417 g/mol. The maximum absolute atomic E-state index is 10.9. The number of halogens is 1. The first kappa shape index (κ1) is 19.4. The van der Waals surface area contributed by atoms with Gasteiger partial charge in [0.05, 0.1) is 5.60 Å². The summed E-state index contributed by atoms with van der Waals surface area (Å²) >= 11 is 3.42. The van der Waals surface area contributed by atoms with Gasteiger partial charge in [0.1, 0.15) is 11.5 Å². The molecule has 1 N–H and O–H groups in total. The number of benzene rings is 2. The lowest BCUT2D eigenvalue weighted by Gasteiger charge is -2.33. The number of likely N-dealkylation sites (tertiary alicyclic amines) is 1. The highest BCUT2D eigenvalue weighted by molar-refractivity contribution is 9.10. The van der Waals surface area contributed by atoms with E-state index in [4.69, 9.17) is 4.74 Å². The molecule has 3 nitrogen and oxygen atoms in total. The van der Waals surface area contributed by atoms with E-state index in [2.05, 4.69) is 27.8 Å². The van der Waals surface area contributed by atoms with Gasteiger partial charge in [-0.15, -0.1) is 0 Å². The molecule has 3 rings (SSSR count). The lowest BCUT2D eigenvalue weighted by molar-refractivity contribution is 0.0319. The van der Waals surface area contributed by atoms with Crippen LogP contribution in [-0.4, -0.2) is 29.6 Å². The van der Waals surface area contributed by atoms with Gasteiger partial charge >= 0.3 is 0 Å². The van der Waals surface area contributed by atoms with E-state index in [0.717, 1.165) is 53.5 Å². The third kappa shape index (κ3) is 5.32. The number of piperidine rings is 1. The van der Waals surface area contributed by atoms with Crippen molar-refractivity contribution in [1.82, 2.24) is 4.90 Å². The Balaban J connectivity index is 1.56. The smallest absolute Gasteiger partial charge is 0.127 e. The van der Waals surface area contributed by atoms with Gasteiger partial charge in [-0.3, -0.25) is 0 Å². The van der Waals surface area contributed by atoms with Crippen LogP contribution in [0.2, 0.25) is 0 Å². The molecule has 0 aromatic heterocycles. The zero-order chi connectivity index (χ0) is 18.6. The van der Waals surface area contributed by atoms with Gasteiger partial charge in [0.25, 0.3) is 0 Å². The van der Waals surface area contributed by atoms with Crippen LogP contribution in [0.1, 0.15) is 38.7 Å². The van der Waals surface area contributed by atoms with Crippen molar-refractivity contribution in [3.8, 4) is 11.5 Å². The minimum Gasteiger partial charge on any atom is -0.457 e. The summed E-state index contributed by atoms with van der Waals surface area (Å²) in [7, 11) is 0. The Morgan fingerprint density at radius 3 is 2.15 bits per heavy atom. The number of hydrogen-bond donors (Lipinski definition) is 1. The van der Waals surface area contributed by atoms with Gasteiger partial charge in [-0.1, -0.05) is 35.0 Å². The van der Waals surface area contributed by atoms with Crippen LogP contribution in [-0.2, 0) is 5.60 Å². The molecule has 0 bridgehead atoms. The zero-order valence-corrected chi connectivity index (χ0v) is 17.2. The van der Waals surface area contributed by atoms with Crippen LogP contribution in [0.25, 0.3) is 0 Å². The maximum atomic E-state index is 10.9. The lowest BCUT2D eigenvalue weighted by atomic mass is 9.91. The van der Waals surface area contributed by atoms with E-state index in [0.29, 0.717) is 0 Å². The molecule has 0 radical (unpaired) electrons. The van der Waals surface area contributed by atoms with E-state index < -0.39 is 5.60 Å². The molecule has 1 aliphatic heterocycles. The SMILES string of the molecule is CC1CCN(CCC(C)(O)c2ccc(Oc3ccc(Br)cc3)cc2)CC1. The van der Waals surface area contributed by atoms with Gasteiger partial charge in [0.2, 0.25) is 0 Å². The highest BCUT2D eigenvalue weighted by atomic mass is 79.9. The molecule has 1 saturated heterocycles. The van der Waals surface area contributed by atoms with Gasteiger partial charge < -0.3 is 14.7 Å². The average molecular weight is 418 g/mol. The molecule has 2 aromatic rings. The van der Waals surface area contributed by atoms with Gasteiger partial charge in [0.15, 0.2) is 0 Å². The first-order chi connectivity index (χ1) is 12.4. The summed E-state index contributed by atoms with van der Waals surface area (Å²) < 4.78 is 6.88. The Morgan fingerprint density at radius 1 is 1.04 bits per heavy atom. The second kappa shape index (κ2) is 8.55. The second-order valence-corrected chi connectivity index (χ2v) is 8.54. The van der Waals surface area contributed by atoms with Gasteiger partial charge in [-0.25, -0.2) is 0 Å². The third-order valence-electron chi connectivity index (χ3n) is 5.32. The summed E-state index contributed by atoms with van der Waals surface area (Å²) in [5, 5.41) is 10.9. The predicted octanol–water partition coefficient (Wildman–Crippen LogP) is 5.57. The molecule has 1 heterocycles. The molecule has 140 valence electrons. The van der Waals surface area contributed by atoms with Crippen molar-refractivity contribution in [1.29, 1.82) is 0 Å². The van der Waals surface area contributed by atoms with Crippen molar-refractivity contribution in [3.05, 3.63) is 58.6 Å². The molecule has 1 unspecified atom stereocenters. The van der Waals surface area contributed by atoms with Crippen LogP contribution in [0, 0.1) is 5.92 Å². The third-order valence-corrected chi connectivity index (χ3v) is 5.85. The van der Waals surface area contributed by atoms with Crippen LogP contribution >= 0.6 is 15.9 Å². The van der Waals surface area contributed by atoms with E-state index >= 15 is 0 Å². The standard InChI is InChI=1S/C22H28BrNO2/c1-17-11-14-24(15-12-17)16-13-22(2,25)18-3-7-20(8-4-18)26-21-9-5-19(23)6-10-21/h3-10,17,25H,11-16H2,1-2H3. The molecule has 0 spiro atoms. The Bertz CT molecular complexity index is 689. The van der Waals surface area contributed by atoms with Crippen molar-refractivity contribution in [2.24, 2.45) is 5.92 Å². The van der Waals surface area contributed by atoms with Crippen molar-refractivity contribution in [2.45, 2.75) is 38.7 Å². The van der Waals surface area contributed by atoms with Crippen LogP contribution in [0.15, 0.2) is 53.0 Å². The Hall–Kier alpha value is -1.36. The molecule has 2 aromatic carbocycles. The predicted molar refractivity (Wildman–Crippen MR) is 110 cm³/mol. The van der Waals surface area contributed by atoms with Gasteiger partial charge in [0, 0.05) is 11.0 Å². The van der Waals surface area contributed by atoms with E-state index in [1.165, 1.54) is 12.8 Å². The molecule has 1 fully saturated rings. The van der Waals surface area contributed by atoms with Crippen molar-refractivity contribution in [2.75, 3.05) is 19.6 Å². The molecule has 1 aliphatic rings. The van der Waals surface area contributed by atoms with Crippen molar-refractivity contribution >= 4 is 15.9 Å². The van der Waals surface area contributed by atoms with Gasteiger partial charge in [-0.05, 0) is 87.2 Å². The van der Waals surface area contributed by atoms with E-state index in [9.17, 15) is 5.11 Å². The summed E-state index contributed by atoms with van der Waals surface area (Å²) in [6.45, 7) is 7.47.